The molecule has 0 saturated heterocycles. The summed E-state index contributed by atoms with van der Waals surface area (Å²) in [7, 11) is 1.31. The molecule has 0 aliphatic rings. The average molecular weight is 339 g/mol. The Balaban J connectivity index is 1.95. The maximum absolute atomic E-state index is 12.2. The lowest BCUT2D eigenvalue weighted by Gasteiger charge is -2.18. The van der Waals surface area contributed by atoms with Crippen LogP contribution in [0, 0.1) is 0 Å². The lowest BCUT2D eigenvalue weighted by atomic mass is 10.0. The molecule has 0 aromatic heterocycles. The normalized spacial score (nSPS) is 11.4. The Morgan fingerprint density at radius 2 is 1.52 bits per heavy atom. The molecule has 1 amide bonds. The molecule has 0 fully saturated rings. The predicted molar refractivity (Wildman–Crippen MR) is 94.0 cm³/mol. The molecule has 0 aliphatic heterocycles. The predicted octanol–water partition coefficient (Wildman–Crippen LogP) is 3.07. The Kier molecular flexibility index (Phi) is 6.89. The van der Waals surface area contributed by atoms with E-state index in [1.54, 1.807) is 24.3 Å². The summed E-state index contributed by atoms with van der Waals surface area (Å²) in [6, 6.07) is 17.6. The van der Waals surface area contributed by atoms with Crippen molar-refractivity contribution in [3.8, 4) is 0 Å². The van der Waals surface area contributed by atoms with Crippen molar-refractivity contribution in [1.29, 1.82) is 0 Å². The van der Waals surface area contributed by atoms with E-state index in [9.17, 15) is 14.4 Å². The van der Waals surface area contributed by atoms with Crippen LogP contribution in [0.4, 0.5) is 0 Å². The van der Waals surface area contributed by atoms with Crippen LogP contribution in [-0.4, -0.2) is 24.8 Å². The van der Waals surface area contributed by atoms with Gasteiger partial charge in [-0.1, -0.05) is 60.7 Å². The summed E-state index contributed by atoms with van der Waals surface area (Å²) < 4.78 is 4.70. The van der Waals surface area contributed by atoms with Crippen molar-refractivity contribution < 1.29 is 19.1 Å². The summed E-state index contributed by atoms with van der Waals surface area (Å²) >= 11 is 0. The van der Waals surface area contributed by atoms with Crippen molar-refractivity contribution in [2.24, 2.45) is 0 Å². The van der Waals surface area contributed by atoms with Crippen molar-refractivity contribution in [1.82, 2.24) is 5.32 Å². The van der Waals surface area contributed by atoms with E-state index in [1.807, 2.05) is 36.4 Å². The highest BCUT2D eigenvalue weighted by molar-refractivity contribution is 5.97. The van der Waals surface area contributed by atoms with Crippen LogP contribution in [-0.2, 0) is 14.3 Å². The van der Waals surface area contributed by atoms with Crippen LogP contribution >= 0.6 is 0 Å². The second kappa shape index (κ2) is 9.37. The molecule has 0 bridgehead atoms. The van der Waals surface area contributed by atoms with Gasteiger partial charge in [0.25, 0.3) is 0 Å². The van der Waals surface area contributed by atoms with Crippen molar-refractivity contribution in [2.75, 3.05) is 7.11 Å². The molecule has 0 radical (unpaired) electrons. The van der Waals surface area contributed by atoms with Gasteiger partial charge < -0.3 is 10.1 Å². The summed E-state index contributed by atoms with van der Waals surface area (Å²) in [6.07, 6.45) is 0.229. The molecule has 0 aliphatic carbocycles. The minimum absolute atomic E-state index is 0.0406. The number of carbonyl (C=O) groups is 3. The van der Waals surface area contributed by atoms with Crippen LogP contribution in [0.1, 0.15) is 41.2 Å². The summed E-state index contributed by atoms with van der Waals surface area (Å²) in [4.78, 5) is 35.9. The van der Waals surface area contributed by atoms with Gasteiger partial charge >= 0.3 is 5.97 Å². The molecular weight excluding hydrogens is 318 g/mol. The number of hydrogen-bond donors (Lipinski definition) is 1. The van der Waals surface area contributed by atoms with Gasteiger partial charge in [-0.05, 0) is 5.56 Å². The van der Waals surface area contributed by atoms with E-state index in [4.69, 9.17) is 4.74 Å². The molecule has 0 saturated carbocycles. The van der Waals surface area contributed by atoms with E-state index in [0.717, 1.165) is 5.56 Å². The Labute approximate surface area is 147 Å². The van der Waals surface area contributed by atoms with Gasteiger partial charge in [-0.15, -0.1) is 0 Å². The third-order valence-electron chi connectivity index (χ3n) is 3.81. The van der Waals surface area contributed by atoms with Crippen LogP contribution in [0.2, 0.25) is 0 Å². The number of methoxy groups -OCH3 is 1. The van der Waals surface area contributed by atoms with Crippen molar-refractivity contribution in [3.63, 3.8) is 0 Å². The minimum atomic E-state index is -0.479. The first-order valence-electron chi connectivity index (χ1n) is 8.09. The zero-order chi connectivity index (χ0) is 18.1. The van der Waals surface area contributed by atoms with Gasteiger partial charge in [-0.2, -0.15) is 0 Å². The summed E-state index contributed by atoms with van der Waals surface area (Å²) in [5, 5.41) is 2.81. The molecule has 0 unspecified atom stereocenters. The van der Waals surface area contributed by atoms with E-state index in [-0.39, 0.29) is 31.0 Å². The highest BCUT2D eigenvalue weighted by Crippen LogP contribution is 2.17. The van der Waals surface area contributed by atoms with E-state index < -0.39 is 12.0 Å². The van der Waals surface area contributed by atoms with E-state index >= 15 is 0 Å². The maximum Gasteiger partial charge on any atom is 0.307 e. The fourth-order valence-corrected chi connectivity index (χ4v) is 2.45. The number of amides is 1. The lowest BCUT2D eigenvalue weighted by Crippen LogP contribution is -2.30. The number of Topliss-reactive ketones (excluding diaryl/α,β-unsaturated/α-hetero) is 1. The highest BCUT2D eigenvalue weighted by atomic mass is 16.5. The van der Waals surface area contributed by atoms with Gasteiger partial charge in [-0.3, -0.25) is 14.4 Å². The monoisotopic (exact) mass is 339 g/mol. The Morgan fingerprint density at radius 1 is 0.920 bits per heavy atom. The summed E-state index contributed by atoms with van der Waals surface area (Å²) in [6.45, 7) is 0. The number of ketones is 1. The first-order valence-corrected chi connectivity index (χ1v) is 8.09. The molecule has 25 heavy (non-hydrogen) atoms. The summed E-state index contributed by atoms with van der Waals surface area (Å²) in [5.41, 5.74) is 1.40. The van der Waals surface area contributed by atoms with Gasteiger partial charge in [0.15, 0.2) is 5.78 Å². The SMILES string of the molecule is COC(=O)C[C@@H](NC(=O)CCC(=O)c1ccccc1)c1ccccc1. The van der Waals surface area contributed by atoms with Crippen LogP contribution in [0.5, 0.6) is 0 Å². The molecule has 2 rings (SSSR count). The molecule has 5 nitrogen and oxygen atoms in total. The second-order valence-electron chi connectivity index (χ2n) is 5.60. The molecular formula is C20H21NO4. The molecule has 1 N–H and O–H groups in total. The fraction of sp³-hybridized carbons (Fsp3) is 0.250. The minimum Gasteiger partial charge on any atom is -0.469 e. The highest BCUT2D eigenvalue weighted by Gasteiger charge is 2.19. The van der Waals surface area contributed by atoms with Crippen molar-refractivity contribution in [3.05, 3.63) is 71.8 Å². The first-order chi connectivity index (χ1) is 12.1. The van der Waals surface area contributed by atoms with Crippen LogP contribution in [0.3, 0.4) is 0 Å². The quantitative estimate of drug-likeness (QED) is 0.592. The number of ether oxygens (including phenoxy) is 1. The molecule has 2 aromatic rings. The van der Waals surface area contributed by atoms with Crippen LogP contribution in [0.25, 0.3) is 0 Å². The van der Waals surface area contributed by atoms with Crippen LogP contribution < -0.4 is 5.32 Å². The van der Waals surface area contributed by atoms with E-state index in [1.165, 1.54) is 7.11 Å². The number of hydrogen-bond acceptors (Lipinski definition) is 4. The zero-order valence-electron chi connectivity index (χ0n) is 14.1. The van der Waals surface area contributed by atoms with Gasteiger partial charge in [0.2, 0.25) is 5.91 Å². The van der Waals surface area contributed by atoms with Crippen LogP contribution in [0.15, 0.2) is 60.7 Å². The van der Waals surface area contributed by atoms with E-state index in [0.29, 0.717) is 5.56 Å². The fourth-order valence-electron chi connectivity index (χ4n) is 2.45. The maximum atomic E-state index is 12.2. The standard InChI is InChI=1S/C20H21NO4/c1-25-20(24)14-17(15-8-4-2-5-9-15)21-19(23)13-12-18(22)16-10-6-3-7-11-16/h2-11,17H,12-14H2,1H3,(H,21,23)/t17-/m1/s1. The molecule has 2 aromatic carbocycles. The van der Waals surface area contributed by atoms with Gasteiger partial charge in [0.05, 0.1) is 19.6 Å². The third-order valence-corrected chi connectivity index (χ3v) is 3.81. The largest absolute Gasteiger partial charge is 0.469 e. The first kappa shape index (κ1) is 18.4. The van der Waals surface area contributed by atoms with Gasteiger partial charge in [0.1, 0.15) is 0 Å². The van der Waals surface area contributed by atoms with Crippen molar-refractivity contribution >= 4 is 17.7 Å². The topological polar surface area (TPSA) is 72.5 Å². The molecule has 5 heteroatoms. The molecule has 130 valence electrons. The van der Waals surface area contributed by atoms with Gasteiger partial charge in [0, 0.05) is 18.4 Å². The number of benzene rings is 2. The Morgan fingerprint density at radius 3 is 2.12 bits per heavy atom. The molecule has 0 spiro atoms. The van der Waals surface area contributed by atoms with Gasteiger partial charge in [-0.25, -0.2) is 0 Å². The number of carbonyl (C=O) groups excluding carboxylic acids is 3. The number of rotatable bonds is 8. The molecule has 0 heterocycles. The number of nitrogens with one attached hydrogen (secondary N) is 1. The zero-order valence-corrected chi connectivity index (χ0v) is 14.1. The lowest BCUT2D eigenvalue weighted by molar-refractivity contribution is -0.141. The second-order valence-corrected chi connectivity index (χ2v) is 5.60. The average Bonchev–Trinajstić information content (AvgIpc) is 2.66. The number of esters is 1. The van der Waals surface area contributed by atoms with E-state index in [2.05, 4.69) is 5.32 Å². The Bertz CT molecular complexity index is 713. The molecule has 1 atom stereocenters. The third kappa shape index (κ3) is 5.88. The smallest absolute Gasteiger partial charge is 0.307 e. The Hall–Kier alpha value is -2.95. The summed E-state index contributed by atoms with van der Waals surface area (Å²) in [5.74, 6) is -0.767. The van der Waals surface area contributed by atoms with Crippen molar-refractivity contribution in [2.45, 2.75) is 25.3 Å².